The van der Waals surface area contributed by atoms with Crippen LogP contribution < -0.4 is 0 Å². The number of hydrogen-bond acceptors (Lipinski definition) is 2. The van der Waals surface area contributed by atoms with E-state index in [1.165, 1.54) is 23.0 Å². The predicted octanol–water partition coefficient (Wildman–Crippen LogP) is 2.56. The Morgan fingerprint density at radius 1 is 1.24 bits per heavy atom. The smallest absolute Gasteiger partial charge is 0.330 e. The summed E-state index contributed by atoms with van der Waals surface area (Å²) in [5.41, 5.74) is -0.394. The van der Waals surface area contributed by atoms with Gasteiger partial charge in [0.2, 0.25) is 0 Å². The summed E-state index contributed by atoms with van der Waals surface area (Å²) in [5.74, 6) is 0. The molecule has 90 valence electrons. The number of alkyl halides is 3. The lowest BCUT2D eigenvalue weighted by Crippen LogP contribution is -2.30. The molecule has 2 aromatic rings. The lowest BCUT2D eigenvalue weighted by Gasteiger charge is -2.19. The van der Waals surface area contributed by atoms with Crippen LogP contribution in [0.4, 0.5) is 13.2 Å². The zero-order chi connectivity index (χ0) is 12.3. The van der Waals surface area contributed by atoms with Gasteiger partial charge in [0.15, 0.2) is 5.65 Å². The maximum atomic E-state index is 13.0. The molecule has 3 rings (SSSR count). The van der Waals surface area contributed by atoms with E-state index in [1.807, 2.05) is 0 Å². The van der Waals surface area contributed by atoms with Crippen molar-refractivity contribution in [3.05, 3.63) is 24.2 Å². The minimum Gasteiger partial charge on any atom is -0.330 e. The Labute approximate surface area is 95.3 Å². The van der Waals surface area contributed by atoms with Crippen molar-refractivity contribution in [2.75, 3.05) is 0 Å². The van der Waals surface area contributed by atoms with Crippen molar-refractivity contribution in [1.82, 2.24) is 14.5 Å². The predicted molar refractivity (Wildman–Crippen MR) is 55.5 cm³/mol. The quantitative estimate of drug-likeness (QED) is 0.768. The first-order valence-corrected chi connectivity index (χ1v) is 5.29. The van der Waals surface area contributed by atoms with Gasteiger partial charge in [0.25, 0.3) is 0 Å². The molecule has 0 N–H and O–H groups in total. The van der Waals surface area contributed by atoms with E-state index in [1.54, 1.807) is 7.05 Å². The highest BCUT2D eigenvalue weighted by Gasteiger charge is 2.65. The Morgan fingerprint density at radius 2 is 1.88 bits per heavy atom. The van der Waals surface area contributed by atoms with Crippen molar-refractivity contribution < 1.29 is 13.2 Å². The Bertz CT molecular complexity index is 581. The largest absolute Gasteiger partial charge is 0.399 e. The highest BCUT2D eigenvalue weighted by atomic mass is 19.4. The zero-order valence-corrected chi connectivity index (χ0v) is 9.12. The van der Waals surface area contributed by atoms with E-state index in [2.05, 4.69) is 9.97 Å². The number of aromatic nitrogens is 3. The van der Waals surface area contributed by atoms with E-state index in [0.717, 1.165) is 0 Å². The summed E-state index contributed by atoms with van der Waals surface area (Å²) in [6.07, 6.45) is -0.922. The molecular weight excluding hydrogens is 231 g/mol. The lowest BCUT2D eigenvalue weighted by atomic mass is 10.0. The first-order valence-electron chi connectivity index (χ1n) is 5.29. The van der Waals surface area contributed by atoms with Gasteiger partial charge < -0.3 is 4.57 Å². The number of hydrogen-bond donors (Lipinski definition) is 0. The lowest BCUT2D eigenvalue weighted by molar-refractivity contribution is -0.162. The zero-order valence-electron chi connectivity index (χ0n) is 9.12. The van der Waals surface area contributed by atoms with Crippen molar-refractivity contribution in [1.29, 1.82) is 0 Å². The van der Waals surface area contributed by atoms with Gasteiger partial charge in [0.1, 0.15) is 10.9 Å². The molecule has 3 nitrogen and oxygen atoms in total. The summed E-state index contributed by atoms with van der Waals surface area (Å²) >= 11 is 0. The second-order valence-corrected chi connectivity index (χ2v) is 4.43. The molecule has 2 aromatic heterocycles. The number of rotatable bonds is 1. The average Bonchev–Trinajstić information content (AvgIpc) is 3.01. The van der Waals surface area contributed by atoms with Gasteiger partial charge in [-0.05, 0) is 18.9 Å². The van der Waals surface area contributed by atoms with Gasteiger partial charge in [0.05, 0.1) is 0 Å². The van der Waals surface area contributed by atoms with Crippen LogP contribution in [0.15, 0.2) is 18.5 Å². The van der Waals surface area contributed by atoms with E-state index in [4.69, 9.17) is 0 Å². The molecule has 1 aliphatic rings. The highest BCUT2D eigenvalue weighted by Crippen LogP contribution is 2.59. The summed E-state index contributed by atoms with van der Waals surface area (Å²) in [6.45, 7) is 0. The van der Waals surface area contributed by atoms with Crippen molar-refractivity contribution in [3.8, 4) is 0 Å². The molecule has 1 fully saturated rings. The van der Waals surface area contributed by atoms with Crippen LogP contribution >= 0.6 is 0 Å². The van der Waals surface area contributed by atoms with E-state index in [9.17, 15) is 13.2 Å². The fourth-order valence-electron chi connectivity index (χ4n) is 2.31. The number of aryl methyl sites for hydroxylation is 1. The molecule has 2 heterocycles. The maximum absolute atomic E-state index is 13.0. The second-order valence-electron chi connectivity index (χ2n) is 4.43. The molecule has 0 amide bonds. The Morgan fingerprint density at radius 3 is 2.41 bits per heavy atom. The summed E-state index contributed by atoms with van der Waals surface area (Å²) in [5, 5.41) is 0. The van der Waals surface area contributed by atoms with Crippen LogP contribution in [0.25, 0.3) is 11.2 Å². The fraction of sp³-hybridized carbons (Fsp3) is 0.455. The molecule has 0 radical (unpaired) electrons. The summed E-state index contributed by atoms with van der Waals surface area (Å²) in [7, 11) is 1.61. The molecule has 0 aliphatic heterocycles. The summed E-state index contributed by atoms with van der Waals surface area (Å²) < 4.78 is 40.6. The summed E-state index contributed by atoms with van der Waals surface area (Å²) in [4.78, 5) is 8.09. The molecular formula is C11H10F3N3. The van der Waals surface area contributed by atoms with Crippen LogP contribution in [-0.4, -0.2) is 20.7 Å². The van der Waals surface area contributed by atoms with Crippen LogP contribution in [0.3, 0.4) is 0 Å². The monoisotopic (exact) mass is 241 g/mol. The SMILES string of the molecule is Cn1c(C2(C(F)(F)F)CC2)cc2nccnc21. The maximum Gasteiger partial charge on any atom is 0.399 e. The third-order valence-corrected chi connectivity index (χ3v) is 3.44. The first kappa shape index (κ1) is 10.6. The van der Waals surface area contributed by atoms with Crippen LogP contribution in [0.1, 0.15) is 18.5 Å². The molecule has 17 heavy (non-hydrogen) atoms. The first-order chi connectivity index (χ1) is 7.96. The molecule has 0 saturated heterocycles. The van der Waals surface area contributed by atoms with Gasteiger partial charge in [-0.1, -0.05) is 0 Å². The molecule has 0 spiro atoms. The highest BCUT2D eigenvalue weighted by molar-refractivity contribution is 5.73. The second kappa shape index (κ2) is 3.00. The molecule has 0 aromatic carbocycles. The summed E-state index contributed by atoms with van der Waals surface area (Å²) in [6, 6.07) is 1.50. The molecule has 0 unspecified atom stereocenters. The van der Waals surface area contributed by atoms with Crippen molar-refractivity contribution in [2.45, 2.75) is 24.4 Å². The number of halogens is 3. The number of nitrogens with zero attached hydrogens (tertiary/aromatic N) is 3. The van der Waals surface area contributed by atoms with Gasteiger partial charge in [-0.15, -0.1) is 0 Å². The molecule has 6 heteroatoms. The van der Waals surface area contributed by atoms with E-state index in [-0.39, 0.29) is 18.5 Å². The van der Waals surface area contributed by atoms with Gasteiger partial charge >= 0.3 is 6.18 Å². The topological polar surface area (TPSA) is 30.7 Å². The van der Waals surface area contributed by atoms with Gasteiger partial charge in [-0.2, -0.15) is 13.2 Å². The third-order valence-electron chi connectivity index (χ3n) is 3.44. The third kappa shape index (κ3) is 1.29. The average molecular weight is 241 g/mol. The van der Waals surface area contributed by atoms with Crippen molar-refractivity contribution in [3.63, 3.8) is 0 Å². The molecule has 1 aliphatic carbocycles. The minimum absolute atomic E-state index is 0.153. The van der Waals surface area contributed by atoms with Crippen LogP contribution in [-0.2, 0) is 12.5 Å². The molecule has 0 atom stereocenters. The van der Waals surface area contributed by atoms with Crippen molar-refractivity contribution in [2.24, 2.45) is 7.05 Å². The van der Waals surface area contributed by atoms with Crippen LogP contribution in [0, 0.1) is 0 Å². The molecule has 1 saturated carbocycles. The Balaban J connectivity index is 2.22. The normalized spacial score (nSPS) is 18.6. The Hall–Kier alpha value is -1.59. The van der Waals surface area contributed by atoms with E-state index < -0.39 is 11.6 Å². The number of fused-ring (bicyclic) bond motifs is 1. The standard InChI is InChI=1S/C11H10F3N3/c1-17-8(10(2-3-10)11(12,13)14)6-7-9(17)16-5-4-15-7/h4-6H,2-3H2,1H3. The minimum atomic E-state index is -4.20. The fourth-order valence-corrected chi connectivity index (χ4v) is 2.31. The van der Waals surface area contributed by atoms with Crippen LogP contribution in [0.5, 0.6) is 0 Å². The van der Waals surface area contributed by atoms with Crippen molar-refractivity contribution >= 4 is 11.2 Å². The van der Waals surface area contributed by atoms with Gasteiger partial charge in [-0.25, -0.2) is 4.98 Å². The van der Waals surface area contributed by atoms with E-state index >= 15 is 0 Å². The molecule has 0 bridgehead atoms. The van der Waals surface area contributed by atoms with Gasteiger partial charge in [-0.3, -0.25) is 4.98 Å². The van der Waals surface area contributed by atoms with E-state index in [0.29, 0.717) is 11.2 Å². The van der Waals surface area contributed by atoms with Gasteiger partial charge in [0, 0.05) is 25.1 Å². The Kier molecular flexibility index (Phi) is 1.86. The van der Waals surface area contributed by atoms with Crippen LogP contribution in [0.2, 0.25) is 0 Å².